The number of carbonyl (C=O) groups is 1. The number of aromatic amines is 1. The molecule has 2 aromatic heterocycles. The number of aromatic carboxylic acids is 1. The van der Waals surface area contributed by atoms with Crippen LogP contribution in [0.1, 0.15) is 47.4 Å². The van der Waals surface area contributed by atoms with E-state index in [1.807, 2.05) is 6.92 Å². The first-order chi connectivity index (χ1) is 13.4. The van der Waals surface area contributed by atoms with E-state index < -0.39 is 17.3 Å². The lowest BCUT2D eigenvalue weighted by molar-refractivity contribution is 0.0695. The summed E-state index contributed by atoms with van der Waals surface area (Å²) in [7, 11) is 0. The molecule has 0 spiro atoms. The minimum absolute atomic E-state index is 0. The molecule has 2 aliphatic carbocycles. The van der Waals surface area contributed by atoms with Gasteiger partial charge in [-0.25, -0.2) is 19.2 Å². The molecule has 152 valence electrons. The third-order valence-electron chi connectivity index (χ3n) is 5.48. The number of hydrogen-bond donors (Lipinski definition) is 4. The molecule has 2 aliphatic rings. The van der Waals surface area contributed by atoms with Gasteiger partial charge in [-0.1, -0.05) is 0 Å². The first kappa shape index (κ1) is 19.6. The van der Waals surface area contributed by atoms with Gasteiger partial charge in [0.25, 0.3) is 0 Å². The van der Waals surface area contributed by atoms with Crippen LogP contribution in [0.25, 0.3) is 22.3 Å². The molecule has 2 saturated carbocycles. The Morgan fingerprint density at radius 2 is 2.07 bits per heavy atom. The molecule has 7 nitrogen and oxygen atoms in total. The van der Waals surface area contributed by atoms with E-state index in [4.69, 9.17) is 5.73 Å². The maximum atomic E-state index is 14.9. The van der Waals surface area contributed by atoms with Crippen molar-refractivity contribution in [3.8, 4) is 11.3 Å². The summed E-state index contributed by atoms with van der Waals surface area (Å²) in [5.74, 6) is -0.952. The quantitative estimate of drug-likeness (QED) is 0.502. The Balaban J connectivity index is 0.00000205. The van der Waals surface area contributed by atoms with Gasteiger partial charge in [-0.3, -0.25) is 0 Å². The Morgan fingerprint density at radius 3 is 2.69 bits per heavy atom. The Morgan fingerprint density at radius 1 is 1.34 bits per heavy atom. The molecule has 0 radical (unpaired) electrons. The number of fused-ring (bicyclic) bond motifs is 1. The van der Waals surface area contributed by atoms with E-state index in [2.05, 4.69) is 20.3 Å². The molecule has 5 N–H and O–H groups in total. The van der Waals surface area contributed by atoms with Crippen LogP contribution in [0, 0.1) is 12.7 Å². The Labute approximate surface area is 172 Å². The normalized spacial score (nSPS) is 17.1. The number of anilines is 1. The fourth-order valence-corrected chi connectivity index (χ4v) is 3.53. The maximum Gasteiger partial charge on any atom is 0.337 e. The highest BCUT2D eigenvalue weighted by Crippen LogP contribution is 2.45. The zero-order valence-electron chi connectivity index (χ0n) is 15.8. The van der Waals surface area contributed by atoms with Crippen LogP contribution in [-0.4, -0.2) is 32.1 Å². The summed E-state index contributed by atoms with van der Waals surface area (Å²) in [6.07, 6.45) is 3.55. The number of nitrogens with zero attached hydrogens (tertiary/aromatic N) is 2. The van der Waals surface area contributed by atoms with Crippen molar-refractivity contribution in [1.82, 2.24) is 15.0 Å². The van der Waals surface area contributed by atoms with Gasteiger partial charge in [0, 0.05) is 6.04 Å². The second-order valence-corrected chi connectivity index (χ2v) is 7.80. The number of nitrogens with two attached hydrogens (primary N) is 1. The van der Waals surface area contributed by atoms with Crippen LogP contribution in [0.3, 0.4) is 0 Å². The molecule has 0 unspecified atom stereocenters. The van der Waals surface area contributed by atoms with Crippen molar-refractivity contribution in [3.05, 3.63) is 41.0 Å². The van der Waals surface area contributed by atoms with Crippen LogP contribution in [0.5, 0.6) is 0 Å². The average molecular weight is 418 g/mol. The van der Waals surface area contributed by atoms with Crippen LogP contribution >= 0.6 is 12.4 Å². The Kier molecular flexibility index (Phi) is 4.51. The summed E-state index contributed by atoms with van der Waals surface area (Å²) in [6.45, 7) is 1.86. The molecule has 0 saturated heterocycles. The lowest BCUT2D eigenvalue weighted by atomic mass is 10.1. The first-order valence-electron chi connectivity index (χ1n) is 9.35. The first-order valence-corrected chi connectivity index (χ1v) is 9.35. The van der Waals surface area contributed by atoms with Gasteiger partial charge in [-0.15, -0.1) is 12.4 Å². The number of halogens is 2. The largest absolute Gasteiger partial charge is 0.478 e. The molecule has 29 heavy (non-hydrogen) atoms. The zero-order chi connectivity index (χ0) is 19.6. The van der Waals surface area contributed by atoms with Crippen molar-refractivity contribution in [2.75, 3.05) is 5.32 Å². The molecular weight excluding hydrogens is 397 g/mol. The summed E-state index contributed by atoms with van der Waals surface area (Å²) < 4.78 is 14.9. The molecule has 2 heterocycles. The highest BCUT2D eigenvalue weighted by Gasteiger charge is 2.44. The molecule has 0 aliphatic heterocycles. The van der Waals surface area contributed by atoms with Gasteiger partial charge < -0.3 is 21.1 Å². The van der Waals surface area contributed by atoms with E-state index in [9.17, 15) is 14.3 Å². The second-order valence-electron chi connectivity index (χ2n) is 7.80. The summed E-state index contributed by atoms with van der Waals surface area (Å²) in [5.41, 5.74) is 8.29. The van der Waals surface area contributed by atoms with E-state index in [1.165, 1.54) is 12.1 Å². The fraction of sp³-hybridized carbons (Fsp3) is 0.350. The minimum Gasteiger partial charge on any atom is -0.478 e. The predicted octanol–water partition coefficient (Wildman–Crippen LogP) is 3.71. The van der Waals surface area contributed by atoms with Gasteiger partial charge >= 0.3 is 5.97 Å². The Bertz CT molecular complexity index is 1140. The van der Waals surface area contributed by atoms with E-state index in [-0.39, 0.29) is 23.5 Å². The van der Waals surface area contributed by atoms with Crippen molar-refractivity contribution < 1.29 is 14.3 Å². The molecule has 0 amide bonds. The molecule has 1 aromatic carbocycles. The van der Waals surface area contributed by atoms with Crippen LogP contribution in [0.15, 0.2) is 18.2 Å². The molecule has 5 rings (SSSR count). The predicted molar refractivity (Wildman–Crippen MR) is 110 cm³/mol. The third kappa shape index (κ3) is 3.32. The fourth-order valence-electron chi connectivity index (χ4n) is 3.53. The number of H-pyrrole nitrogens is 1. The van der Waals surface area contributed by atoms with Gasteiger partial charge in [0.2, 0.25) is 0 Å². The van der Waals surface area contributed by atoms with E-state index in [0.717, 1.165) is 18.5 Å². The highest BCUT2D eigenvalue weighted by molar-refractivity contribution is 5.96. The molecule has 0 bridgehead atoms. The lowest BCUT2D eigenvalue weighted by Crippen LogP contribution is -2.22. The van der Waals surface area contributed by atoms with Crippen LogP contribution in [0.4, 0.5) is 10.2 Å². The van der Waals surface area contributed by atoms with Crippen molar-refractivity contribution >= 4 is 35.2 Å². The number of aromatic nitrogens is 3. The van der Waals surface area contributed by atoms with Crippen LogP contribution < -0.4 is 11.1 Å². The van der Waals surface area contributed by atoms with E-state index in [1.54, 1.807) is 6.07 Å². The number of aryl methyl sites for hydroxylation is 1. The number of benzene rings is 1. The van der Waals surface area contributed by atoms with Gasteiger partial charge in [-0.2, -0.15) is 0 Å². The van der Waals surface area contributed by atoms with Crippen molar-refractivity contribution in [3.63, 3.8) is 0 Å². The van der Waals surface area contributed by atoms with Crippen LogP contribution in [0.2, 0.25) is 0 Å². The van der Waals surface area contributed by atoms with Crippen molar-refractivity contribution in [2.45, 2.75) is 44.2 Å². The van der Waals surface area contributed by atoms with Gasteiger partial charge in [0.05, 0.1) is 39.3 Å². The summed E-state index contributed by atoms with van der Waals surface area (Å²) >= 11 is 0. The molecule has 2 fully saturated rings. The topological polar surface area (TPSA) is 117 Å². The summed E-state index contributed by atoms with van der Waals surface area (Å²) in [6, 6.07) is 4.74. The molecule has 9 heteroatoms. The Hall–Kier alpha value is -2.71. The highest BCUT2D eigenvalue weighted by atomic mass is 35.5. The maximum absolute atomic E-state index is 14.9. The van der Waals surface area contributed by atoms with E-state index >= 15 is 0 Å². The summed E-state index contributed by atoms with van der Waals surface area (Å²) in [4.78, 5) is 24.0. The molecular formula is C20H21ClFN5O2. The van der Waals surface area contributed by atoms with Gasteiger partial charge in [-0.05, 0) is 50.8 Å². The number of carboxylic acid groups (broad SMARTS) is 1. The standard InChI is InChI=1S/C20H20FN5O2.ClH/c1-9-18(24-10-2-3-10)26-16-13(23-9)5-4-12(21)15(16)14-8-11(19(27)28)17(25-14)20(22)6-7-20;/h4-5,8,10,25H,2-3,6-7,22H2,1H3,(H,24,26)(H,27,28);1H. The number of carboxylic acids is 1. The van der Waals surface area contributed by atoms with Gasteiger partial charge in [0.1, 0.15) is 17.2 Å². The minimum atomic E-state index is -1.09. The van der Waals surface area contributed by atoms with Gasteiger partial charge in [0.15, 0.2) is 0 Å². The summed E-state index contributed by atoms with van der Waals surface area (Å²) in [5, 5.41) is 12.9. The van der Waals surface area contributed by atoms with Crippen LogP contribution in [-0.2, 0) is 5.54 Å². The molecule has 0 atom stereocenters. The van der Waals surface area contributed by atoms with Crippen molar-refractivity contribution in [2.24, 2.45) is 5.73 Å². The number of hydrogen-bond acceptors (Lipinski definition) is 5. The zero-order valence-corrected chi connectivity index (χ0v) is 16.6. The molecule has 3 aromatic rings. The lowest BCUT2D eigenvalue weighted by Gasteiger charge is -2.12. The van der Waals surface area contributed by atoms with E-state index in [0.29, 0.717) is 47.1 Å². The SMILES string of the molecule is Cc1nc2ccc(F)c(-c3cc(C(=O)O)c(C4(N)CC4)[nH]3)c2nc1NC1CC1.Cl. The number of nitrogens with one attached hydrogen (secondary N) is 2. The second kappa shape index (κ2) is 6.67. The number of rotatable bonds is 5. The smallest absolute Gasteiger partial charge is 0.337 e. The average Bonchev–Trinajstić information content (AvgIpc) is 3.56. The monoisotopic (exact) mass is 417 g/mol. The third-order valence-corrected chi connectivity index (χ3v) is 5.48. The van der Waals surface area contributed by atoms with Crippen molar-refractivity contribution in [1.29, 1.82) is 0 Å².